The van der Waals surface area contributed by atoms with Gasteiger partial charge in [0.2, 0.25) is 0 Å². The number of carbonyl (C=O) groups is 1. The van der Waals surface area contributed by atoms with E-state index in [1.165, 1.54) is 18.2 Å². The zero-order valence-corrected chi connectivity index (χ0v) is 22.4. The van der Waals surface area contributed by atoms with E-state index in [-0.39, 0.29) is 17.7 Å². The molecule has 1 heterocycles. The van der Waals surface area contributed by atoms with Crippen molar-refractivity contribution in [2.24, 2.45) is 0 Å². The average Bonchev–Trinajstić information content (AvgIpc) is 2.90. The summed E-state index contributed by atoms with van der Waals surface area (Å²) in [5.74, 6) is -1.46. The summed E-state index contributed by atoms with van der Waals surface area (Å²) in [6.45, 7) is 5.42. The fraction of sp³-hybridized carbons (Fsp3) is 0.387. The molecule has 0 saturated carbocycles. The van der Waals surface area contributed by atoms with Gasteiger partial charge in [0, 0.05) is 51.1 Å². The van der Waals surface area contributed by atoms with Crippen LogP contribution in [-0.2, 0) is 35.5 Å². The number of hydrogen-bond acceptors (Lipinski definition) is 5. The first-order chi connectivity index (χ1) is 18.8. The second kappa shape index (κ2) is 13.6. The second-order valence-electron chi connectivity index (χ2n) is 10.2. The monoisotopic (exact) mass is 537 g/mol. The van der Waals surface area contributed by atoms with Gasteiger partial charge in [-0.3, -0.25) is 9.80 Å². The van der Waals surface area contributed by atoms with Crippen molar-refractivity contribution < 1.29 is 23.4 Å². The van der Waals surface area contributed by atoms with Crippen LogP contribution in [-0.4, -0.2) is 59.3 Å². The van der Waals surface area contributed by atoms with Crippen LogP contribution in [0.5, 0.6) is 0 Å². The Bertz CT molecular complexity index is 1240. The maximum absolute atomic E-state index is 14.0. The third kappa shape index (κ3) is 8.33. The predicted molar refractivity (Wildman–Crippen MR) is 148 cm³/mol. The van der Waals surface area contributed by atoms with E-state index in [9.17, 15) is 18.7 Å². The van der Waals surface area contributed by atoms with Gasteiger partial charge in [-0.05, 0) is 84.8 Å². The molecule has 39 heavy (non-hydrogen) atoms. The maximum atomic E-state index is 14.0. The van der Waals surface area contributed by atoms with E-state index < -0.39 is 12.1 Å². The number of rotatable bonds is 13. The van der Waals surface area contributed by atoms with E-state index in [4.69, 9.17) is 10.5 Å². The SMILES string of the molecule is CCOC(CCN(CCN1Cc2ccc(F)cc2CC1Cc1ccc(F)cc1)Cc1cccc(N)c1)C(=O)O. The van der Waals surface area contributed by atoms with Crippen molar-refractivity contribution in [3.63, 3.8) is 0 Å². The van der Waals surface area contributed by atoms with Crippen molar-refractivity contribution in [3.05, 3.63) is 101 Å². The van der Waals surface area contributed by atoms with E-state index in [0.29, 0.717) is 51.3 Å². The Kier molecular flexibility index (Phi) is 10.0. The second-order valence-corrected chi connectivity index (χ2v) is 10.2. The number of benzene rings is 3. The molecule has 208 valence electrons. The van der Waals surface area contributed by atoms with Crippen LogP contribution in [0.15, 0.2) is 66.7 Å². The van der Waals surface area contributed by atoms with Crippen LogP contribution >= 0.6 is 0 Å². The van der Waals surface area contributed by atoms with Gasteiger partial charge in [-0.2, -0.15) is 0 Å². The smallest absolute Gasteiger partial charge is 0.332 e. The minimum Gasteiger partial charge on any atom is -0.479 e. The molecule has 8 heteroatoms. The lowest BCUT2D eigenvalue weighted by molar-refractivity contribution is -0.150. The fourth-order valence-electron chi connectivity index (χ4n) is 5.29. The van der Waals surface area contributed by atoms with Crippen molar-refractivity contribution in [2.45, 2.75) is 51.4 Å². The van der Waals surface area contributed by atoms with Crippen molar-refractivity contribution >= 4 is 11.7 Å². The number of nitrogens with two attached hydrogens (primary N) is 1. The van der Waals surface area contributed by atoms with Crippen LogP contribution in [0.25, 0.3) is 0 Å². The topological polar surface area (TPSA) is 79.0 Å². The number of carboxylic acids is 1. The van der Waals surface area contributed by atoms with Gasteiger partial charge in [-0.1, -0.05) is 30.3 Å². The number of hydrogen-bond donors (Lipinski definition) is 2. The van der Waals surface area contributed by atoms with E-state index >= 15 is 0 Å². The zero-order chi connectivity index (χ0) is 27.8. The van der Waals surface area contributed by atoms with Crippen LogP contribution in [0.2, 0.25) is 0 Å². The lowest BCUT2D eigenvalue weighted by Gasteiger charge is -2.38. The van der Waals surface area contributed by atoms with Gasteiger partial charge >= 0.3 is 5.97 Å². The normalized spacial score (nSPS) is 16.3. The van der Waals surface area contributed by atoms with Gasteiger partial charge < -0.3 is 15.6 Å². The van der Waals surface area contributed by atoms with Gasteiger partial charge in [-0.15, -0.1) is 0 Å². The molecule has 1 aliphatic heterocycles. The molecule has 0 spiro atoms. The highest BCUT2D eigenvalue weighted by atomic mass is 19.1. The van der Waals surface area contributed by atoms with Crippen LogP contribution in [0.3, 0.4) is 0 Å². The molecule has 3 aromatic carbocycles. The summed E-state index contributed by atoms with van der Waals surface area (Å²) in [4.78, 5) is 16.3. The molecule has 0 amide bonds. The summed E-state index contributed by atoms with van der Waals surface area (Å²) in [5.41, 5.74) is 10.9. The number of nitrogen functional groups attached to an aromatic ring is 1. The van der Waals surface area contributed by atoms with Crippen molar-refractivity contribution in [1.82, 2.24) is 9.80 Å². The number of nitrogens with zero attached hydrogens (tertiary/aromatic N) is 2. The minimum absolute atomic E-state index is 0.120. The van der Waals surface area contributed by atoms with E-state index in [1.54, 1.807) is 25.1 Å². The number of fused-ring (bicyclic) bond motifs is 1. The molecule has 2 atom stereocenters. The Morgan fingerprint density at radius 1 is 1.05 bits per heavy atom. The van der Waals surface area contributed by atoms with Crippen molar-refractivity contribution in [1.29, 1.82) is 0 Å². The molecule has 3 N–H and O–H groups in total. The lowest BCUT2D eigenvalue weighted by atomic mass is 9.90. The molecule has 1 aliphatic rings. The van der Waals surface area contributed by atoms with Crippen molar-refractivity contribution in [2.75, 3.05) is 32.0 Å². The molecular weight excluding hydrogens is 500 g/mol. The van der Waals surface area contributed by atoms with Gasteiger partial charge in [0.1, 0.15) is 11.6 Å². The Hall–Kier alpha value is -3.33. The summed E-state index contributed by atoms with van der Waals surface area (Å²) in [6, 6.07) is 19.4. The van der Waals surface area contributed by atoms with E-state index in [1.807, 2.05) is 30.3 Å². The first kappa shape index (κ1) is 28.7. The van der Waals surface area contributed by atoms with Gasteiger partial charge in [0.25, 0.3) is 0 Å². The summed E-state index contributed by atoms with van der Waals surface area (Å²) < 4.78 is 33.0. The molecule has 4 rings (SSSR count). The molecule has 2 unspecified atom stereocenters. The molecule has 0 radical (unpaired) electrons. The first-order valence-corrected chi connectivity index (χ1v) is 13.5. The van der Waals surface area contributed by atoms with Crippen LogP contribution in [0, 0.1) is 11.6 Å². The van der Waals surface area contributed by atoms with E-state index in [2.05, 4.69) is 9.80 Å². The highest BCUT2D eigenvalue weighted by Gasteiger charge is 2.27. The number of carboxylic acid groups (broad SMARTS) is 1. The number of halogens is 2. The highest BCUT2D eigenvalue weighted by Crippen LogP contribution is 2.26. The molecule has 0 saturated heterocycles. The van der Waals surface area contributed by atoms with Gasteiger partial charge in [0.05, 0.1) is 0 Å². The summed E-state index contributed by atoms with van der Waals surface area (Å²) in [6.07, 6.45) is 0.926. The van der Waals surface area contributed by atoms with Crippen LogP contribution < -0.4 is 5.73 Å². The molecule has 3 aromatic rings. The third-order valence-electron chi connectivity index (χ3n) is 7.31. The van der Waals surface area contributed by atoms with E-state index in [0.717, 1.165) is 35.2 Å². The third-order valence-corrected chi connectivity index (χ3v) is 7.31. The zero-order valence-electron chi connectivity index (χ0n) is 22.4. The molecule has 0 fully saturated rings. The Balaban J connectivity index is 1.51. The maximum Gasteiger partial charge on any atom is 0.332 e. The molecule has 6 nitrogen and oxygen atoms in total. The van der Waals surface area contributed by atoms with Gasteiger partial charge in [0.15, 0.2) is 6.10 Å². The number of ether oxygens (including phenoxy) is 1. The standard InChI is InChI=1S/C31H37F2N3O3/c1-2-39-30(31(37)38)12-13-35(20-23-4-3-5-28(34)16-23)14-15-36-21-24-8-11-27(33)18-25(24)19-29(36)17-22-6-9-26(32)10-7-22/h3-11,16,18,29-30H,2,12-15,17,19-21,34H2,1H3,(H,37,38). The predicted octanol–water partition coefficient (Wildman–Crippen LogP) is 4.90. The minimum atomic E-state index is -0.958. The Morgan fingerprint density at radius 3 is 2.54 bits per heavy atom. The Labute approximate surface area is 229 Å². The largest absolute Gasteiger partial charge is 0.479 e. The molecular formula is C31H37F2N3O3. The summed E-state index contributed by atoms with van der Waals surface area (Å²) >= 11 is 0. The number of aliphatic carboxylic acids is 1. The van der Waals surface area contributed by atoms with Crippen molar-refractivity contribution in [3.8, 4) is 0 Å². The molecule has 0 aromatic heterocycles. The number of anilines is 1. The quantitative estimate of drug-likeness (QED) is 0.302. The fourth-order valence-corrected chi connectivity index (χ4v) is 5.29. The highest BCUT2D eigenvalue weighted by molar-refractivity contribution is 5.72. The molecule has 0 aliphatic carbocycles. The lowest BCUT2D eigenvalue weighted by Crippen LogP contribution is -2.45. The van der Waals surface area contributed by atoms with Gasteiger partial charge in [-0.25, -0.2) is 13.6 Å². The average molecular weight is 538 g/mol. The Morgan fingerprint density at radius 2 is 1.82 bits per heavy atom. The summed E-state index contributed by atoms with van der Waals surface area (Å²) in [5, 5.41) is 9.56. The summed E-state index contributed by atoms with van der Waals surface area (Å²) in [7, 11) is 0. The van der Waals surface area contributed by atoms with Crippen LogP contribution in [0.4, 0.5) is 14.5 Å². The van der Waals surface area contributed by atoms with Crippen LogP contribution in [0.1, 0.15) is 35.6 Å². The first-order valence-electron chi connectivity index (χ1n) is 13.5. The molecule has 0 bridgehead atoms.